The molecule has 0 unspecified atom stereocenters. The lowest BCUT2D eigenvalue weighted by molar-refractivity contribution is 1.18. The Morgan fingerprint density at radius 3 is 0.744 bits per heavy atom. The van der Waals surface area contributed by atoms with E-state index in [9.17, 15) is 0 Å². The molecule has 0 fully saturated rings. The van der Waals surface area contributed by atoms with Crippen molar-refractivity contribution in [2.45, 2.75) is 61.8 Å². The summed E-state index contributed by atoms with van der Waals surface area (Å²) in [6.45, 7) is 16.5. The zero-order valence-corrected chi connectivity index (χ0v) is 25.4. The average Bonchev–Trinajstić information content (AvgIpc) is 3.00. The fraction of sp³-hybridized carbons (Fsp3) is 0.231. The molecular weight excluding hydrogens is 468 g/mol. The van der Waals surface area contributed by atoms with E-state index in [1.54, 1.807) is 0 Å². The van der Waals surface area contributed by atoms with E-state index in [2.05, 4.69) is 125 Å². The minimum Gasteiger partial charge on any atom is -0.0683 e. The summed E-state index contributed by atoms with van der Waals surface area (Å²) in [6.07, 6.45) is 1.03. The summed E-state index contributed by atoms with van der Waals surface area (Å²) in [5, 5.41) is 0. The van der Waals surface area contributed by atoms with Crippen molar-refractivity contribution in [3.05, 3.63) is 167 Å². The molecule has 39 heavy (non-hydrogen) atoms. The number of hydrogen-bond acceptors (Lipinski definition) is 0. The Morgan fingerprint density at radius 1 is 0.308 bits per heavy atom. The zero-order chi connectivity index (χ0) is 28.9. The first kappa shape index (κ1) is 33.1. The van der Waals surface area contributed by atoms with Crippen molar-refractivity contribution >= 4 is 0 Å². The van der Waals surface area contributed by atoms with Gasteiger partial charge < -0.3 is 0 Å². The van der Waals surface area contributed by atoms with Crippen molar-refractivity contribution in [1.29, 1.82) is 0 Å². The highest BCUT2D eigenvalue weighted by Gasteiger charge is 1.96. The molecular formula is C39H48. The van der Waals surface area contributed by atoms with Gasteiger partial charge in [-0.3, -0.25) is 0 Å². The Morgan fingerprint density at radius 2 is 0.513 bits per heavy atom. The van der Waals surface area contributed by atoms with Crippen LogP contribution in [0.4, 0.5) is 0 Å². The Kier molecular flexibility index (Phi) is 17.1. The molecule has 5 rings (SSSR count). The average molecular weight is 517 g/mol. The Bertz CT molecular complexity index is 1120. The molecule has 0 radical (unpaired) electrons. The van der Waals surface area contributed by atoms with Crippen molar-refractivity contribution in [3.8, 4) is 11.1 Å². The normalized spacial score (nSPS) is 9.13. The van der Waals surface area contributed by atoms with Crippen molar-refractivity contribution in [1.82, 2.24) is 0 Å². The van der Waals surface area contributed by atoms with Crippen molar-refractivity contribution in [2.24, 2.45) is 0 Å². The van der Waals surface area contributed by atoms with E-state index in [-0.39, 0.29) is 0 Å². The molecule has 0 aromatic heterocycles. The molecule has 0 saturated heterocycles. The molecule has 0 N–H and O–H groups in total. The highest BCUT2D eigenvalue weighted by atomic mass is 14.0. The third-order valence-electron chi connectivity index (χ3n) is 5.75. The van der Waals surface area contributed by atoms with Crippen LogP contribution < -0.4 is 0 Å². The van der Waals surface area contributed by atoms with Gasteiger partial charge in [0.15, 0.2) is 0 Å². The van der Waals surface area contributed by atoms with E-state index in [1.165, 1.54) is 44.5 Å². The molecule has 0 aliphatic rings. The lowest BCUT2D eigenvalue weighted by Crippen LogP contribution is -1.88. The maximum Gasteiger partial charge on any atom is -0.00258 e. The minimum absolute atomic E-state index is 1.03. The molecule has 0 atom stereocenters. The first-order valence-corrected chi connectivity index (χ1v) is 14.2. The third-order valence-corrected chi connectivity index (χ3v) is 5.75. The van der Waals surface area contributed by atoms with Crippen LogP contribution in [0.5, 0.6) is 0 Å². The summed E-state index contributed by atoms with van der Waals surface area (Å²) in [4.78, 5) is 0. The lowest BCUT2D eigenvalue weighted by atomic mass is 10.0. The SMILES string of the molecule is CC.CC.Cc1ccc(-c2ccc(C)cc2)cc1.Cc1ccc(Cc2ccc(C)cc2)cc1.c1ccccc1. The summed E-state index contributed by atoms with van der Waals surface area (Å²) in [5.41, 5.74) is 10.6. The van der Waals surface area contributed by atoms with Gasteiger partial charge in [-0.1, -0.05) is 183 Å². The summed E-state index contributed by atoms with van der Waals surface area (Å²) in [6, 6.07) is 46.8. The summed E-state index contributed by atoms with van der Waals surface area (Å²) in [5.74, 6) is 0. The Hall–Kier alpha value is -3.90. The molecule has 0 saturated carbocycles. The van der Waals surface area contributed by atoms with Crippen molar-refractivity contribution in [3.63, 3.8) is 0 Å². The fourth-order valence-corrected chi connectivity index (χ4v) is 3.52. The molecule has 204 valence electrons. The predicted molar refractivity (Wildman–Crippen MR) is 176 cm³/mol. The van der Waals surface area contributed by atoms with Crippen LogP contribution in [0.3, 0.4) is 0 Å². The molecule has 5 aromatic carbocycles. The second-order valence-corrected chi connectivity index (χ2v) is 9.03. The van der Waals surface area contributed by atoms with E-state index in [0.29, 0.717) is 0 Å². The number of rotatable bonds is 3. The summed E-state index contributed by atoms with van der Waals surface area (Å²) < 4.78 is 0. The van der Waals surface area contributed by atoms with Crippen LogP contribution >= 0.6 is 0 Å². The standard InChI is InChI=1S/C15H16.C14H14.C6H6.2C2H6/c1-12-3-7-14(8-4-12)11-15-9-5-13(2)6-10-15;1-11-3-7-13(8-4-11)14-9-5-12(2)6-10-14;1-2-4-6-5-3-1;2*1-2/h3-10H,11H2,1-2H3;3-10H,1-2H3;1-6H;2*1-2H3. The topological polar surface area (TPSA) is 0 Å². The predicted octanol–water partition coefficient (Wildman–Crippen LogP) is 11.6. The van der Waals surface area contributed by atoms with Crippen LogP contribution in [0.25, 0.3) is 11.1 Å². The van der Waals surface area contributed by atoms with Gasteiger partial charge in [-0.25, -0.2) is 0 Å². The second kappa shape index (κ2) is 20.1. The molecule has 0 amide bonds. The quantitative estimate of drug-likeness (QED) is 0.224. The maximum absolute atomic E-state index is 2.20. The van der Waals surface area contributed by atoms with Gasteiger partial charge >= 0.3 is 0 Å². The monoisotopic (exact) mass is 516 g/mol. The summed E-state index contributed by atoms with van der Waals surface area (Å²) in [7, 11) is 0. The van der Waals surface area contributed by atoms with Gasteiger partial charge in [0.05, 0.1) is 0 Å². The molecule has 0 heterocycles. The van der Waals surface area contributed by atoms with Crippen molar-refractivity contribution < 1.29 is 0 Å². The van der Waals surface area contributed by atoms with Crippen LogP contribution in [0.1, 0.15) is 61.1 Å². The fourth-order valence-electron chi connectivity index (χ4n) is 3.52. The number of aryl methyl sites for hydroxylation is 4. The van der Waals surface area contributed by atoms with E-state index in [1.807, 2.05) is 64.1 Å². The lowest BCUT2D eigenvalue weighted by Gasteiger charge is -2.03. The van der Waals surface area contributed by atoms with Gasteiger partial charge in [0.25, 0.3) is 0 Å². The molecule has 0 bridgehead atoms. The van der Waals surface area contributed by atoms with E-state index < -0.39 is 0 Å². The molecule has 0 aliphatic carbocycles. The minimum atomic E-state index is 1.03. The Labute approximate surface area is 239 Å². The molecule has 0 heteroatoms. The number of hydrogen-bond donors (Lipinski definition) is 0. The largest absolute Gasteiger partial charge is 0.0683 e. The maximum atomic E-state index is 2.20. The molecule has 0 spiro atoms. The van der Waals surface area contributed by atoms with E-state index >= 15 is 0 Å². The van der Waals surface area contributed by atoms with Gasteiger partial charge in [-0.15, -0.1) is 0 Å². The smallest absolute Gasteiger partial charge is 0.00258 e. The van der Waals surface area contributed by atoms with Gasteiger partial charge in [0.2, 0.25) is 0 Å². The van der Waals surface area contributed by atoms with Gasteiger partial charge in [0, 0.05) is 0 Å². The van der Waals surface area contributed by atoms with Gasteiger partial charge in [0.1, 0.15) is 0 Å². The summed E-state index contributed by atoms with van der Waals surface area (Å²) >= 11 is 0. The second-order valence-electron chi connectivity index (χ2n) is 9.03. The highest BCUT2D eigenvalue weighted by Crippen LogP contribution is 2.19. The van der Waals surface area contributed by atoms with E-state index in [4.69, 9.17) is 0 Å². The van der Waals surface area contributed by atoms with Crippen LogP contribution in [0.2, 0.25) is 0 Å². The van der Waals surface area contributed by atoms with Crippen molar-refractivity contribution in [2.75, 3.05) is 0 Å². The van der Waals surface area contributed by atoms with Crippen LogP contribution in [-0.4, -0.2) is 0 Å². The third kappa shape index (κ3) is 14.0. The van der Waals surface area contributed by atoms with Gasteiger partial charge in [-0.05, 0) is 56.4 Å². The van der Waals surface area contributed by atoms with Crippen LogP contribution in [0, 0.1) is 27.7 Å². The van der Waals surface area contributed by atoms with Crippen LogP contribution in [0.15, 0.2) is 133 Å². The van der Waals surface area contributed by atoms with Crippen LogP contribution in [-0.2, 0) is 6.42 Å². The zero-order valence-electron chi connectivity index (χ0n) is 25.4. The molecule has 0 aliphatic heterocycles. The van der Waals surface area contributed by atoms with Gasteiger partial charge in [-0.2, -0.15) is 0 Å². The van der Waals surface area contributed by atoms with E-state index in [0.717, 1.165) is 6.42 Å². The first-order chi connectivity index (χ1) is 19.0. The molecule has 0 nitrogen and oxygen atoms in total. The molecule has 5 aromatic rings. The first-order valence-electron chi connectivity index (χ1n) is 14.2. The Balaban J connectivity index is 0.000000293. The number of benzene rings is 5. The highest BCUT2D eigenvalue weighted by molar-refractivity contribution is 5.63.